The van der Waals surface area contributed by atoms with E-state index < -0.39 is 5.60 Å². The van der Waals surface area contributed by atoms with Crippen molar-refractivity contribution in [1.29, 1.82) is 0 Å². The first kappa shape index (κ1) is 16.3. The number of carbonyl (C=O) groups is 1. The quantitative estimate of drug-likeness (QED) is 0.857. The summed E-state index contributed by atoms with van der Waals surface area (Å²) in [5, 5.41) is 3.54. The van der Waals surface area contributed by atoms with E-state index in [1.807, 2.05) is 20.8 Å². The fraction of sp³-hybridized carbons (Fsp3) is 0.933. The molecule has 1 rings (SSSR count). The van der Waals surface area contributed by atoms with Crippen LogP contribution in [0.25, 0.3) is 0 Å². The first-order valence-electron chi connectivity index (χ1n) is 7.28. The van der Waals surface area contributed by atoms with Gasteiger partial charge in [-0.25, -0.2) is 4.79 Å². The Morgan fingerprint density at radius 1 is 1.26 bits per heavy atom. The molecule has 0 spiro atoms. The highest BCUT2D eigenvalue weighted by molar-refractivity contribution is 5.68. The third-order valence-corrected chi connectivity index (χ3v) is 3.15. The molecule has 0 aromatic carbocycles. The highest BCUT2D eigenvalue weighted by Crippen LogP contribution is 2.18. The minimum atomic E-state index is -0.408. The van der Waals surface area contributed by atoms with E-state index in [0.29, 0.717) is 11.5 Å². The summed E-state index contributed by atoms with van der Waals surface area (Å²) in [6, 6.07) is 0.412. The fourth-order valence-corrected chi connectivity index (χ4v) is 2.07. The van der Waals surface area contributed by atoms with Crippen molar-refractivity contribution in [3.63, 3.8) is 0 Å². The van der Waals surface area contributed by atoms with E-state index in [2.05, 4.69) is 26.1 Å². The maximum Gasteiger partial charge on any atom is 0.410 e. The lowest BCUT2D eigenvalue weighted by Crippen LogP contribution is -2.38. The zero-order valence-corrected chi connectivity index (χ0v) is 13.4. The number of nitrogens with zero attached hydrogens (tertiary/aromatic N) is 1. The first-order valence-corrected chi connectivity index (χ1v) is 7.28. The molecule has 0 aliphatic carbocycles. The van der Waals surface area contributed by atoms with Crippen molar-refractivity contribution in [2.45, 2.75) is 66.0 Å². The SMILES string of the molecule is CC(C)(C)CCNC1CCN(C(=O)OC(C)(C)C)C1. The Kier molecular flexibility index (Phi) is 5.25. The van der Waals surface area contributed by atoms with Gasteiger partial charge >= 0.3 is 6.09 Å². The average molecular weight is 270 g/mol. The van der Waals surface area contributed by atoms with Crippen LogP contribution in [0.1, 0.15) is 54.4 Å². The van der Waals surface area contributed by atoms with Crippen LogP contribution in [0, 0.1) is 5.41 Å². The minimum Gasteiger partial charge on any atom is -0.444 e. The lowest BCUT2D eigenvalue weighted by molar-refractivity contribution is 0.0291. The Labute approximate surface area is 117 Å². The van der Waals surface area contributed by atoms with Gasteiger partial charge in [0.05, 0.1) is 0 Å². The predicted octanol–water partition coefficient (Wildman–Crippen LogP) is 3.02. The van der Waals surface area contributed by atoms with Crippen LogP contribution in [0.5, 0.6) is 0 Å². The maximum absolute atomic E-state index is 11.9. The second-order valence-corrected chi connectivity index (χ2v) is 7.68. The monoisotopic (exact) mass is 270 g/mol. The number of carbonyl (C=O) groups excluding carboxylic acids is 1. The van der Waals surface area contributed by atoms with Crippen molar-refractivity contribution in [2.24, 2.45) is 5.41 Å². The molecule has 1 amide bonds. The van der Waals surface area contributed by atoms with Crippen molar-refractivity contribution >= 4 is 6.09 Å². The van der Waals surface area contributed by atoms with Gasteiger partial charge in [0.25, 0.3) is 0 Å². The zero-order valence-electron chi connectivity index (χ0n) is 13.4. The summed E-state index contributed by atoms with van der Waals surface area (Å²) in [6.07, 6.45) is 1.98. The summed E-state index contributed by atoms with van der Waals surface area (Å²) in [6.45, 7) is 15.0. The van der Waals surface area contributed by atoms with E-state index >= 15 is 0 Å². The van der Waals surface area contributed by atoms with E-state index in [1.54, 1.807) is 4.90 Å². The summed E-state index contributed by atoms with van der Waals surface area (Å²) < 4.78 is 5.39. The fourth-order valence-electron chi connectivity index (χ4n) is 2.07. The van der Waals surface area contributed by atoms with Gasteiger partial charge in [0, 0.05) is 19.1 Å². The van der Waals surface area contributed by atoms with Crippen LogP contribution in [-0.2, 0) is 4.74 Å². The third-order valence-electron chi connectivity index (χ3n) is 3.15. The number of ether oxygens (including phenoxy) is 1. The molecule has 0 aromatic heterocycles. The molecule has 1 saturated heterocycles. The van der Waals surface area contributed by atoms with Gasteiger partial charge in [-0.2, -0.15) is 0 Å². The molecule has 0 saturated carbocycles. The Hall–Kier alpha value is -0.770. The van der Waals surface area contributed by atoms with Crippen LogP contribution in [0.2, 0.25) is 0 Å². The molecule has 0 radical (unpaired) electrons. The van der Waals surface area contributed by atoms with Crippen LogP contribution in [0.3, 0.4) is 0 Å². The van der Waals surface area contributed by atoms with Crippen LogP contribution in [0.15, 0.2) is 0 Å². The van der Waals surface area contributed by atoms with Gasteiger partial charge < -0.3 is 15.0 Å². The third kappa shape index (κ3) is 6.81. The van der Waals surface area contributed by atoms with Gasteiger partial charge in [-0.05, 0) is 45.6 Å². The lowest BCUT2D eigenvalue weighted by atomic mass is 9.92. The zero-order chi connectivity index (χ0) is 14.7. The van der Waals surface area contributed by atoms with Crippen LogP contribution < -0.4 is 5.32 Å². The van der Waals surface area contributed by atoms with Gasteiger partial charge in [0.15, 0.2) is 0 Å². The van der Waals surface area contributed by atoms with Crippen LogP contribution in [0.4, 0.5) is 4.79 Å². The lowest BCUT2D eigenvalue weighted by Gasteiger charge is -2.24. The predicted molar refractivity (Wildman–Crippen MR) is 78.3 cm³/mol. The van der Waals surface area contributed by atoms with E-state index in [0.717, 1.165) is 32.5 Å². The molecule has 1 aliphatic heterocycles. The minimum absolute atomic E-state index is 0.187. The number of hydrogen-bond donors (Lipinski definition) is 1. The van der Waals surface area contributed by atoms with Gasteiger partial charge in [-0.15, -0.1) is 0 Å². The van der Waals surface area contributed by atoms with Crippen molar-refractivity contribution in [3.8, 4) is 0 Å². The number of rotatable bonds is 3. The number of nitrogens with one attached hydrogen (secondary N) is 1. The molecule has 0 aromatic rings. The molecule has 1 atom stereocenters. The van der Waals surface area contributed by atoms with E-state index in [9.17, 15) is 4.79 Å². The molecule has 112 valence electrons. The normalized spacial score (nSPS) is 20.7. The van der Waals surface area contributed by atoms with Crippen molar-refractivity contribution in [1.82, 2.24) is 10.2 Å². The summed E-state index contributed by atoms with van der Waals surface area (Å²) in [4.78, 5) is 13.7. The highest BCUT2D eigenvalue weighted by atomic mass is 16.6. The van der Waals surface area contributed by atoms with E-state index in [1.165, 1.54) is 0 Å². The molecule has 0 bridgehead atoms. The second-order valence-electron chi connectivity index (χ2n) is 7.68. The summed E-state index contributed by atoms with van der Waals surface area (Å²) in [5.41, 5.74) is -0.0503. The first-order chi connectivity index (χ1) is 8.57. The Morgan fingerprint density at radius 2 is 1.89 bits per heavy atom. The number of hydrogen-bond acceptors (Lipinski definition) is 3. The molecule has 1 unspecified atom stereocenters. The Balaban J connectivity index is 2.28. The summed E-state index contributed by atoms with van der Waals surface area (Å²) >= 11 is 0. The standard InChI is InChI=1S/C15H30N2O2/c1-14(2,3)8-9-16-12-7-10-17(11-12)13(18)19-15(4,5)6/h12,16H,7-11H2,1-6H3. The topological polar surface area (TPSA) is 41.6 Å². The molecule has 4 heteroatoms. The van der Waals surface area contributed by atoms with E-state index in [-0.39, 0.29) is 6.09 Å². The molecular formula is C15H30N2O2. The molecule has 19 heavy (non-hydrogen) atoms. The van der Waals surface area contributed by atoms with Crippen molar-refractivity contribution in [3.05, 3.63) is 0 Å². The van der Waals surface area contributed by atoms with Gasteiger partial charge in [0.2, 0.25) is 0 Å². The van der Waals surface area contributed by atoms with Gasteiger partial charge in [-0.3, -0.25) is 0 Å². The molecule has 1 heterocycles. The van der Waals surface area contributed by atoms with E-state index in [4.69, 9.17) is 4.74 Å². The van der Waals surface area contributed by atoms with Crippen molar-refractivity contribution in [2.75, 3.05) is 19.6 Å². The van der Waals surface area contributed by atoms with Crippen LogP contribution >= 0.6 is 0 Å². The highest BCUT2D eigenvalue weighted by Gasteiger charge is 2.29. The Morgan fingerprint density at radius 3 is 2.42 bits per heavy atom. The van der Waals surface area contributed by atoms with Gasteiger partial charge in [-0.1, -0.05) is 20.8 Å². The summed E-state index contributed by atoms with van der Waals surface area (Å²) in [7, 11) is 0. The Bertz CT molecular complexity index is 302. The molecule has 4 nitrogen and oxygen atoms in total. The molecular weight excluding hydrogens is 240 g/mol. The van der Waals surface area contributed by atoms with Crippen molar-refractivity contribution < 1.29 is 9.53 Å². The smallest absolute Gasteiger partial charge is 0.410 e. The largest absolute Gasteiger partial charge is 0.444 e. The summed E-state index contributed by atoms with van der Waals surface area (Å²) in [5.74, 6) is 0. The second kappa shape index (κ2) is 6.12. The van der Waals surface area contributed by atoms with Crippen LogP contribution in [-0.4, -0.2) is 42.3 Å². The molecule has 1 fully saturated rings. The average Bonchev–Trinajstić information content (AvgIpc) is 2.61. The molecule has 1 aliphatic rings. The number of likely N-dealkylation sites (tertiary alicyclic amines) is 1. The molecule has 1 N–H and O–H groups in total. The van der Waals surface area contributed by atoms with Gasteiger partial charge in [0.1, 0.15) is 5.60 Å². The maximum atomic E-state index is 11.9. The number of amides is 1.